The molecule has 1 aliphatic heterocycles. The number of benzene rings is 3. The number of hydrogen-bond donors (Lipinski definition) is 3. The van der Waals surface area contributed by atoms with Crippen molar-refractivity contribution >= 4 is 33.7 Å². The molecule has 0 amide bonds. The molecule has 3 heterocycles. The number of aromatic amines is 2. The van der Waals surface area contributed by atoms with Gasteiger partial charge in [0.05, 0.1) is 28.7 Å². The molecule has 0 saturated carbocycles. The van der Waals surface area contributed by atoms with E-state index in [0.29, 0.717) is 18.8 Å². The SMILES string of the molecule is CN1CCN(c2ccc3nc(-c4ccc5[nH]c(-c6cccc(OCCCC(=O)O)c6)nc5c4)[nH]c3c2)CC1. The van der Waals surface area contributed by atoms with Crippen molar-refractivity contribution in [3.05, 3.63) is 60.7 Å². The highest BCUT2D eigenvalue weighted by atomic mass is 16.5. The van der Waals surface area contributed by atoms with Crippen molar-refractivity contribution < 1.29 is 14.6 Å². The van der Waals surface area contributed by atoms with Crippen molar-refractivity contribution in [3.63, 3.8) is 0 Å². The largest absolute Gasteiger partial charge is 0.494 e. The molecule has 3 aromatic carbocycles. The second-order valence-corrected chi connectivity index (χ2v) is 9.77. The van der Waals surface area contributed by atoms with Gasteiger partial charge in [0.2, 0.25) is 0 Å². The summed E-state index contributed by atoms with van der Waals surface area (Å²) in [6, 6.07) is 20.2. The van der Waals surface area contributed by atoms with Gasteiger partial charge in [-0.25, -0.2) is 9.97 Å². The van der Waals surface area contributed by atoms with Gasteiger partial charge in [-0.1, -0.05) is 12.1 Å². The maximum Gasteiger partial charge on any atom is 0.303 e. The molecule has 0 aliphatic carbocycles. The van der Waals surface area contributed by atoms with Gasteiger partial charge in [0, 0.05) is 49.4 Å². The molecule has 9 nitrogen and oxygen atoms in total. The molecule has 0 radical (unpaired) electrons. The minimum atomic E-state index is -0.818. The number of fused-ring (bicyclic) bond motifs is 2. The zero-order valence-electron chi connectivity index (χ0n) is 21.3. The molecule has 38 heavy (non-hydrogen) atoms. The number of carboxylic acid groups (broad SMARTS) is 1. The molecule has 0 unspecified atom stereocenters. The molecule has 194 valence electrons. The number of carbonyl (C=O) groups is 1. The normalized spacial score (nSPS) is 14.4. The molecular formula is C29H30N6O3. The number of aliphatic carboxylic acids is 1. The Morgan fingerprint density at radius 2 is 1.66 bits per heavy atom. The van der Waals surface area contributed by atoms with Crippen LogP contribution in [0.2, 0.25) is 0 Å². The number of imidazole rings is 2. The third kappa shape index (κ3) is 5.05. The fourth-order valence-electron chi connectivity index (χ4n) is 4.83. The zero-order valence-corrected chi connectivity index (χ0v) is 21.3. The first-order valence-electron chi connectivity index (χ1n) is 12.9. The van der Waals surface area contributed by atoms with Gasteiger partial charge >= 0.3 is 5.97 Å². The van der Waals surface area contributed by atoms with E-state index in [-0.39, 0.29) is 6.42 Å². The van der Waals surface area contributed by atoms with E-state index < -0.39 is 5.97 Å². The average molecular weight is 511 g/mol. The summed E-state index contributed by atoms with van der Waals surface area (Å²) in [5.41, 5.74) is 6.86. The summed E-state index contributed by atoms with van der Waals surface area (Å²) in [7, 11) is 2.17. The number of hydrogen-bond acceptors (Lipinski definition) is 6. The summed E-state index contributed by atoms with van der Waals surface area (Å²) in [5, 5.41) is 8.79. The van der Waals surface area contributed by atoms with Crippen LogP contribution < -0.4 is 9.64 Å². The van der Waals surface area contributed by atoms with E-state index >= 15 is 0 Å². The Labute approximate surface area is 220 Å². The lowest BCUT2D eigenvalue weighted by atomic mass is 10.2. The van der Waals surface area contributed by atoms with Crippen LogP contribution in [-0.2, 0) is 4.79 Å². The highest BCUT2D eigenvalue weighted by Gasteiger charge is 2.16. The van der Waals surface area contributed by atoms with Gasteiger partial charge in [-0.05, 0) is 62.0 Å². The van der Waals surface area contributed by atoms with Crippen molar-refractivity contribution in [2.45, 2.75) is 12.8 Å². The Morgan fingerprint density at radius 1 is 0.895 bits per heavy atom. The summed E-state index contributed by atoms with van der Waals surface area (Å²) in [6.07, 6.45) is 0.556. The van der Waals surface area contributed by atoms with Crippen molar-refractivity contribution in [1.82, 2.24) is 24.8 Å². The van der Waals surface area contributed by atoms with E-state index in [1.165, 1.54) is 5.69 Å². The van der Waals surface area contributed by atoms with E-state index in [1.807, 2.05) is 42.5 Å². The van der Waals surface area contributed by atoms with Crippen LogP contribution in [0.25, 0.3) is 44.8 Å². The van der Waals surface area contributed by atoms with Gasteiger partial charge in [0.25, 0.3) is 0 Å². The van der Waals surface area contributed by atoms with Gasteiger partial charge in [-0.3, -0.25) is 4.79 Å². The number of nitrogens with zero attached hydrogens (tertiary/aromatic N) is 4. The molecule has 0 atom stereocenters. The summed E-state index contributed by atoms with van der Waals surface area (Å²) in [4.78, 5) is 32.0. The predicted molar refractivity (Wildman–Crippen MR) is 149 cm³/mol. The van der Waals surface area contributed by atoms with Crippen molar-refractivity contribution in [2.75, 3.05) is 44.7 Å². The van der Waals surface area contributed by atoms with Crippen molar-refractivity contribution in [2.24, 2.45) is 0 Å². The van der Waals surface area contributed by atoms with E-state index in [1.54, 1.807) is 0 Å². The summed E-state index contributed by atoms with van der Waals surface area (Å²) in [5.74, 6) is 1.43. The van der Waals surface area contributed by atoms with Gasteiger partial charge in [0.15, 0.2) is 0 Å². The summed E-state index contributed by atoms with van der Waals surface area (Å²) in [6.45, 7) is 4.56. The molecule has 2 aromatic heterocycles. The lowest BCUT2D eigenvalue weighted by molar-refractivity contribution is -0.137. The van der Waals surface area contributed by atoms with E-state index in [4.69, 9.17) is 19.8 Å². The molecule has 9 heteroatoms. The Bertz CT molecular complexity index is 1600. The molecule has 5 aromatic rings. The first-order chi connectivity index (χ1) is 18.5. The summed E-state index contributed by atoms with van der Waals surface area (Å²) >= 11 is 0. The van der Waals surface area contributed by atoms with Crippen LogP contribution in [0.1, 0.15) is 12.8 Å². The molecule has 1 aliphatic rings. The van der Waals surface area contributed by atoms with Crippen molar-refractivity contribution in [3.8, 4) is 28.5 Å². The lowest BCUT2D eigenvalue weighted by Gasteiger charge is -2.34. The maximum absolute atomic E-state index is 10.7. The minimum absolute atomic E-state index is 0.0915. The number of aromatic nitrogens is 4. The fourth-order valence-corrected chi connectivity index (χ4v) is 4.83. The zero-order chi connectivity index (χ0) is 26.1. The Balaban J connectivity index is 1.22. The standard InChI is InChI=1S/C29H30N6O3/c1-34-11-13-35(14-12-34)21-8-10-24-26(18-21)33-29(31-24)20-7-9-23-25(17-20)32-28(30-23)19-4-2-5-22(16-19)38-15-3-6-27(36)37/h2,4-5,7-10,16-18H,3,6,11-15H2,1H3,(H,30,32)(H,31,33)(H,36,37). The Kier molecular flexibility index (Phi) is 6.43. The van der Waals surface area contributed by atoms with Crippen molar-refractivity contribution in [1.29, 1.82) is 0 Å². The smallest absolute Gasteiger partial charge is 0.303 e. The number of rotatable bonds is 8. The highest BCUT2D eigenvalue weighted by Crippen LogP contribution is 2.29. The second kappa shape index (κ2) is 10.2. The van der Waals surface area contributed by atoms with E-state index in [9.17, 15) is 4.79 Å². The molecule has 0 bridgehead atoms. The van der Waals surface area contributed by atoms with Crippen LogP contribution in [0.4, 0.5) is 5.69 Å². The third-order valence-electron chi connectivity index (χ3n) is 7.00. The number of anilines is 1. The number of carboxylic acids is 1. The van der Waals surface area contributed by atoms with Gasteiger partial charge in [-0.2, -0.15) is 0 Å². The molecule has 1 fully saturated rings. The Morgan fingerprint density at radius 3 is 2.47 bits per heavy atom. The molecular weight excluding hydrogens is 480 g/mol. The number of nitrogens with one attached hydrogen (secondary N) is 2. The van der Waals surface area contributed by atoms with Crippen LogP contribution in [0.3, 0.4) is 0 Å². The number of ether oxygens (including phenoxy) is 1. The number of piperazine rings is 1. The molecule has 6 rings (SSSR count). The monoisotopic (exact) mass is 510 g/mol. The first-order valence-corrected chi connectivity index (χ1v) is 12.9. The number of H-pyrrole nitrogens is 2. The quantitative estimate of drug-likeness (QED) is 0.258. The van der Waals surface area contributed by atoms with Crippen LogP contribution in [-0.4, -0.2) is 75.7 Å². The van der Waals surface area contributed by atoms with Gasteiger partial charge in [0.1, 0.15) is 17.4 Å². The lowest BCUT2D eigenvalue weighted by Crippen LogP contribution is -2.44. The topological polar surface area (TPSA) is 110 Å². The minimum Gasteiger partial charge on any atom is -0.494 e. The van der Waals surface area contributed by atoms with Crippen LogP contribution in [0.15, 0.2) is 60.7 Å². The van der Waals surface area contributed by atoms with E-state index in [2.05, 4.69) is 45.0 Å². The molecule has 0 spiro atoms. The van der Waals surface area contributed by atoms with Gasteiger partial charge < -0.3 is 29.6 Å². The average Bonchev–Trinajstić information content (AvgIpc) is 3.55. The van der Waals surface area contributed by atoms with Gasteiger partial charge in [-0.15, -0.1) is 0 Å². The van der Waals surface area contributed by atoms with Crippen LogP contribution in [0.5, 0.6) is 5.75 Å². The predicted octanol–water partition coefficient (Wildman–Crippen LogP) is 4.77. The highest BCUT2D eigenvalue weighted by molar-refractivity contribution is 5.87. The second-order valence-electron chi connectivity index (χ2n) is 9.77. The Hall–Kier alpha value is -4.37. The molecule has 3 N–H and O–H groups in total. The summed E-state index contributed by atoms with van der Waals surface area (Å²) < 4.78 is 5.73. The third-order valence-corrected chi connectivity index (χ3v) is 7.00. The fraction of sp³-hybridized carbons (Fsp3) is 0.276. The number of likely N-dealkylation sites (N-methyl/N-ethyl adjacent to an activating group) is 1. The first kappa shape index (κ1) is 24.0. The maximum atomic E-state index is 10.7. The van der Waals surface area contributed by atoms with Crippen LogP contribution >= 0.6 is 0 Å². The van der Waals surface area contributed by atoms with Crippen LogP contribution in [0, 0.1) is 0 Å². The van der Waals surface area contributed by atoms with E-state index in [0.717, 1.165) is 71.0 Å². The molecule has 1 saturated heterocycles.